The number of aromatic nitrogens is 1. The number of hydrogen-bond acceptors (Lipinski definition) is 3. The van der Waals surface area contributed by atoms with Gasteiger partial charge in [-0.1, -0.05) is 12.8 Å². The third-order valence-electron chi connectivity index (χ3n) is 4.05. The van der Waals surface area contributed by atoms with Gasteiger partial charge in [-0.2, -0.15) is 0 Å². The minimum absolute atomic E-state index is 0.293. The Morgan fingerprint density at radius 1 is 1.00 bits per heavy atom. The molecule has 5 heteroatoms. The molecule has 1 aliphatic heterocycles. The molecule has 1 amide bonds. The van der Waals surface area contributed by atoms with Crippen molar-refractivity contribution in [3.05, 3.63) is 54.1 Å². The number of anilines is 2. The second-order valence-corrected chi connectivity index (χ2v) is 5.76. The minimum Gasteiger partial charge on any atom is -0.370 e. The monoisotopic (exact) mass is 313 g/mol. The molecule has 0 spiro atoms. The molecular formula is C18H20FN3O. The van der Waals surface area contributed by atoms with Crippen molar-refractivity contribution in [3.63, 3.8) is 0 Å². The first-order valence-corrected chi connectivity index (χ1v) is 8.00. The van der Waals surface area contributed by atoms with E-state index in [1.165, 1.54) is 49.9 Å². The topological polar surface area (TPSA) is 45.2 Å². The largest absolute Gasteiger partial charge is 0.370 e. The van der Waals surface area contributed by atoms with Gasteiger partial charge < -0.3 is 10.2 Å². The van der Waals surface area contributed by atoms with Crippen molar-refractivity contribution >= 4 is 17.3 Å². The smallest absolute Gasteiger partial charge is 0.274 e. The van der Waals surface area contributed by atoms with Crippen LogP contribution < -0.4 is 10.2 Å². The van der Waals surface area contributed by atoms with E-state index in [4.69, 9.17) is 0 Å². The van der Waals surface area contributed by atoms with Crippen LogP contribution in [-0.4, -0.2) is 24.0 Å². The number of nitrogens with zero attached hydrogens (tertiary/aromatic N) is 2. The minimum atomic E-state index is -0.331. The van der Waals surface area contributed by atoms with E-state index in [1.54, 1.807) is 12.3 Å². The summed E-state index contributed by atoms with van der Waals surface area (Å²) in [5, 5.41) is 2.71. The fourth-order valence-electron chi connectivity index (χ4n) is 2.76. The molecule has 1 aromatic heterocycles. The van der Waals surface area contributed by atoms with Crippen molar-refractivity contribution in [2.75, 3.05) is 23.3 Å². The van der Waals surface area contributed by atoms with Crippen LogP contribution in [0, 0.1) is 5.82 Å². The number of hydrogen-bond donors (Lipinski definition) is 1. The summed E-state index contributed by atoms with van der Waals surface area (Å²) in [4.78, 5) is 18.8. The average Bonchev–Trinajstić information content (AvgIpc) is 2.86. The predicted octanol–water partition coefficient (Wildman–Crippen LogP) is 3.85. The molecule has 4 nitrogen and oxygen atoms in total. The van der Waals surface area contributed by atoms with Crippen LogP contribution in [0.4, 0.5) is 15.8 Å². The summed E-state index contributed by atoms with van der Waals surface area (Å²) in [5.41, 5.74) is 1.97. The molecule has 0 atom stereocenters. The maximum Gasteiger partial charge on any atom is 0.274 e. The molecule has 0 aliphatic carbocycles. The number of rotatable bonds is 3. The van der Waals surface area contributed by atoms with Crippen LogP contribution in [0.25, 0.3) is 0 Å². The molecular weight excluding hydrogens is 293 g/mol. The van der Waals surface area contributed by atoms with Gasteiger partial charge in [-0.25, -0.2) is 9.37 Å². The molecule has 1 fully saturated rings. The Labute approximate surface area is 135 Å². The Morgan fingerprint density at radius 2 is 1.70 bits per heavy atom. The summed E-state index contributed by atoms with van der Waals surface area (Å²) >= 11 is 0. The third kappa shape index (κ3) is 4.06. The lowest BCUT2D eigenvalue weighted by Crippen LogP contribution is -2.24. The lowest BCUT2D eigenvalue weighted by molar-refractivity contribution is 0.102. The Kier molecular flexibility index (Phi) is 4.86. The molecule has 1 aliphatic rings. The molecule has 3 rings (SSSR count). The van der Waals surface area contributed by atoms with Crippen molar-refractivity contribution in [1.29, 1.82) is 0 Å². The molecule has 0 saturated carbocycles. The van der Waals surface area contributed by atoms with E-state index >= 15 is 0 Å². The molecule has 120 valence electrons. The van der Waals surface area contributed by atoms with Gasteiger partial charge in [-0.3, -0.25) is 4.79 Å². The molecule has 2 heterocycles. The highest BCUT2D eigenvalue weighted by atomic mass is 19.1. The van der Waals surface area contributed by atoms with Crippen molar-refractivity contribution < 1.29 is 9.18 Å². The van der Waals surface area contributed by atoms with Crippen LogP contribution in [0.5, 0.6) is 0 Å². The number of nitrogens with one attached hydrogen (secondary N) is 1. The zero-order valence-corrected chi connectivity index (χ0v) is 13.0. The fourth-order valence-corrected chi connectivity index (χ4v) is 2.76. The average molecular weight is 313 g/mol. The standard InChI is InChI=1S/C18H20FN3O/c19-14-5-7-15(8-6-14)21-18(23)17-10-9-16(13-20-17)22-11-3-1-2-4-12-22/h5-10,13H,1-4,11-12H2,(H,21,23). The SMILES string of the molecule is O=C(Nc1ccc(F)cc1)c1ccc(N2CCCCCC2)cn1. The first kappa shape index (κ1) is 15.5. The van der Waals surface area contributed by atoms with E-state index in [2.05, 4.69) is 15.2 Å². The second kappa shape index (κ2) is 7.22. The van der Waals surface area contributed by atoms with Crippen molar-refractivity contribution in [1.82, 2.24) is 4.98 Å². The number of benzene rings is 1. The Morgan fingerprint density at radius 3 is 2.30 bits per heavy atom. The number of pyridine rings is 1. The zero-order valence-electron chi connectivity index (χ0n) is 13.0. The summed E-state index contributed by atoms with van der Waals surface area (Å²) in [7, 11) is 0. The van der Waals surface area contributed by atoms with E-state index in [-0.39, 0.29) is 11.7 Å². The maximum absolute atomic E-state index is 12.9. The van der Waals surface area contributed by atoms with Crippen LogP contribution in [-0.2, 0) is 0 Å². The summed E-state index contributed by atoms with van der Waals surface area (Å²) in [6.07, 6.45) is 6.72. The molecule has 23 heavy (non-hydrogen) atoms. The fraction of sp³-hybridized carbons (Fsp3) is 0.333. The molecule has 1 aromatic carbocycles. The van der Waals surface area contributed by atoms with Crippen LogP contribution in [0.15, 0.2) is 42.6 Å². The van der Waals surface area contributed by atoms with Crippen molar-refractivity contribution in [2.24, 2.45) is 0 Å². The molecule has 1 saturated heterocycles. The predicted molar refractivity (Wildman–Crippen MR) is 89.3 cm³/mol. The van der Waals surface area contributed by atoms with Gasteiger partial charge >= 0.3 is 0 Å². The van der Waals surface area contributed by atoms with Gasteiger partial charge in [0.2, 0.25) is 0 Å². The van der Waals surface area contributed by atoms with E-state index in [0.717, 1.165) is 18.8 Å². The summed E-state index contributed by atoms with van der Waals surface area (Å²) in [6, 6.07) is 9.35. The molecule has 0 bridgehead atoms. The number of halogens is 1. The third-order valence-corrected chi connectivity index (χ3v) is 4.05. The summed E-state index contributed by atoms with van der Waals surface area (Å²) in [6.45, 7) is 2.09. The highest BCUT2D eigenvalue weighted by molar-refractivity contribution is 6.02. The first-order valence-electron chi connectivity index (χ1n) is 8.00. The highest BCUT2D eigenvalue weighted by Crippen LogP contribution is 2.19. The van der Waals surface area contributed by atoms with Crippen LogP contribution >= 0.6 is 0 Å². The summed E-state index contributed by atoms with van der Waals surface area (Å²) < 4.78 is 12.9. The number of carbonyl (C=O) groups is 1. The second-order valence-electron chi connectivity index (χ2n) is 5.76. The van der Waals surface area contributed by atoms with Gasteiger partial charge in [0.25, 0.3) is 5.91 Å². The van der Waals surface area contributed by atoms with E-state index in [0.29, 0.717) is 11.4 Å². The highest BCUT2D eigenvalue weighted by Gasteiger charge is 2.12. The summed E-state index contributed by atoms with van der Waals surface area (Å²) in [5.74, 6) is -0.623. The quantitative estimate of drug-likeness (QED) is 0.936. The van der Waals surface area contributed by atoms with Gasteiger partial charge in [0, 0.05) is 18.8 Å². The van der Waals surface area contributed by atoms with Crippen LogP contribution in [0.1, 0.15) is 36.2 Å². The van der Waals surface area contributed by atoms with Crippen molar-refractivity contribution in [3.8, 4) is 0 Å². The molecule has 2 aromatic rings. The number of carbonyl (C=O) groups excluding carboxylic acids is 1. The van der Waals surface area contributed by atoms with Gasteiger partial charge in [0.05, 0.1) is 11.9 Å². The maximum atomic E-state index is 12.9. The normalized spacial score (nSPS) is 15.1. The van der Waals surface area contributed by atoms with E-state index < -0.39 is 0 Å². The van der Waals surface area contributed by atoms with Gasteiger partial charge in [0.1, 0.15) is 11.5 Å². The van der Waals surface area contributed by atoms with Gasteiger partial charge in [-0.05, 0) is 49.2 Å². The van der Waals surface area contributed by atoms with Crippen LogP contribution in [0.2, 0.25) is 0 Å². The van der Waals surface area contributed by atoms with E-state index in [9.17, 15) is 9.18 Å². The molecule has 0 radical (unpaired) electrons. The Bertz CT molecular complexity index is 647. The van der Waals surface area contributed by atoms with E-state index in [1.807, 2.05) is 6.07 Å². The van der Waals surface area contributed by atoms with Gasteiger partial charge in [-0.15, -0.1) is 0 Å². The van der Waals surface area contributed by atoms with Crippen LogP contribution in [0.3, 0.4) is 0 Å². The first-order chi connectivity index (χ1) is 11.2. The van der Waals surface area contributed by atoms with Crippen molar-refractivity contribution in [2.45, 2.75) is 25.7 Å². The molecule has 1 N–H and O–H groups in total. The Balaban J connectivity index is 1.66. The lowest BCUT2D eigenvalue weighted by atomic mass is 10.2. The lowest BCUT2D eigenvalue weighted by Gasteiger charge is -2.22. The Hall–Kier alpha value is -2.43. The molecule has 0 unspecified atom stereocenters. The number of amides is 1. The zero-order chi connectivity index (χ0) is 16.1. The van der Waals surface area contributed by atoms with Gasteiger partial charge in [0.15, 0.2) is 0 Å².